The topological polar surface area (TPSA) is 65.7 Å². The van der Waals surface area contributed by atoms with E-state index in [2.05, 4.69) is 5.32 Å². The van der Waals surface area contributed by atoms with Crippen LogP contribution in [0.15, 0.2) is 36.4 Å². The molecule has 0 fully saturated rings. The lowest BCUT2D eigenvalue weighted by atomic mass is 10.2. The molecule has 0 aliphatic carbocycles. The Hall–Kier alpha value is -2.56. The number of fused-ring (bicyclic) bond motifs is 1. The van der Waals surface area contributed by atoms with E-state index >= 15 is 0 Å². The quantitative estimate of drug-likeness (QED) is 0.841. The van der Waals surface area contributed by atoms with Gasteiger partial charge in [0.2, 0.25) is 0 Å². The molecule has 0 saturated heterocycles. The van der Waals surface area contributed by atoms with Gasteiger partial charge in [0, 0.05) is 11.8 Å². The van der Waals surface area contributed by atoms with E-state index in [-0.39, 0.29) is 0 Å². The first kappa shape index (κ1) is 12.5. The molecule has 3 rings (SSSR count). The molecular formula is C15H16N2O3. The Kier molecular flexibility index (Phi) is 3.25. The molecule has 0 unspecified atom stereocenters. The molecular weight excluding hydrogens is 256 g/mol. The normalized spacial score (nSPS) is 12.8. The third kappa shape index (κ3) is 2.30. The maximum Gasteiger partial charge on any atom is 0.163 e. The Morgan fingerprint density at radius 2 is 1.90 bits per heavy atom. The fourth-order valence-corrected chi connectivity index (χ4v) is 2.11. The molecule has 2 aromatic carbocycles. The maximum atomic E-state index is 6.04. The van der Waals surface area contributed by atoms with Crippen LogP contribution in [0, 0.1) is 0 Å². The Labute approximate surface area is 117 Å². The number of hydrogen-bond donors (Lipinski definition) is 2. The minimum absolute atomic E-state index is 0.567. The lowest BCUT2D eigenvalue weighted by Crippen LogP contribution is -2.15. The van der Waals surface area contributed by atoms with E-state index in [1.165, 1.54) is 0 Å². The number of methoxy groups -OCH3 is 1. The molecule has 5 nitrogen and oxygen atoms in total. The summed E-state index contributed by atoms with van der Waals surface area (Å²) in [5, 5.41) is 3.26. The van der Waals surface area contributed by atoms with E-state index < -0.39 is 0 Å². The average Bonchev–Trinajstić information content (AvgIpc) is 2.49. The zero-order valence-corrected chi connectivity index (χ0v) is 11.2. The van der Waals surface area contributed by atoms with Crippen molar-refractivity contribution >= 4 is 17.1 Å². The summed E-state index contributed by atoms with van der Waals surface area (Å²) >= 11 is 0. The van der Waals surface area contributed by atoms with E-state index in [9.17, 15) is 0 Å². The monoisotopic (exact) mass is 272 g/mol. The van der Waals surface area contributed by atoms with Crippen molar-refractivity contribution in [1.29, 1.82) is 0 Å². The second-order valence-electron chi connectivity index (χ2n) is 4.40. The van der Waals surface area contributed by atoms with Gasteiger partial charge in [-0.2, -0.15) is 0 Å². The smallest absolute Gasteiger partial charge is 0.163 e. The summed E-state index contributed by atoms with van der Waals surface area (Å²) in [5.41, 5.74) is 8.29. The first-order valence-corrected chi connectivity index (χ1v) is 6.37. The van der Waals surface area contributed by atoms with Crippen LogP contribution in [0.2, 0.25) is 0 Å². The fraction of sp³-hybridized carbons (Fsp3) is 0.200. The Balaban J connectivity index is 1.88. The molecule has 0 aromatic heterocycles. The highest BCUT2D eigenvalue weighted by Crippen LogP contribution is 2.36. The van der Waals surface area contributed by atoms with Crippen molar-refractivity contribution in [3.05, 3.63) is 36.4 Å². The van der Waals surface area contributed by atoms with Crippen LogP contribution in [0.3, 0.4) is 0 Å². The van der Waals surface area contributed by atoms with Crippen molar-refractivity contribution in [2.45, 2.75) is 0 Å². The fourth-order valence-electron chi connectivity index (χ4n) is 2.11. The van der Waals surface area contributed by atoms with Crippen LogP contribution in [-0.4, -0.2) is 20.3 Å². The third-order valence-corrected chi connectivity index (χ3v) is 3.11. The van der Waals surface area contributed by atoms with Crippen molar-refractivity contribution in [2.24, 2.45) is 0 Å². The van der Waals surface area contributed by atoms with Crippen LogP contribution in [0.4, 0.5) is 17.1 Å². The Bertz CT molecular complexity index is 629. The minimum atomic E-state index is 0.567. The second-order valence-corrected chi connectivity index (χ2v) is 4.40. The third-order valence-electron chi connectivity index (χ3n) is 3.11. The summed E-state index contributed by atoms with van der Waals surface area (Å²) in [4.78, 5) is 0. The van der Waals surface area contributed by atoms with Gasteiger partial charge in [-0.15, -0.1) is 0 Å². The average molecular weight is 272 g/mol. The van der Waals surface area contributed by atoms with Gasteiger partial charge in [-0.3, -0.25) is 0 Å². The van der Waals surface area contributed by atoms with E-state index in [1.807, 2.05) is 36.4 Å². The van der Waals surface area contributed by atoms with Gasteiger partial charge in [-0.05, 0) is 24.3 Å². The van der Waals surface area contributed by atoms with Gasteiger partial charge in [0.05, 0.1) is 18.5 Å². The van der Waals surface area contributed by atoms with Gasteiger partial charge < -0.3 is 25.3 Å². The van der Waals surface area contributed by atoms with Gasteiger partial charge in [0.25, 0.3) is 0 Å². The highest BCUT2D eigenvalue weighted by Gasteiger charge is 2.12. The van der Waals surface area contributed by atoms with E-state index in [0.29, 0.717) is 24.7 Å². The molecule has 0 saturated carbocycles. The summed E-state index contributed by atoms with van der Waals surface area (Å²) in [7, 11) is 1.60. The molecule has 20 heavy (non-hydrogen) atoms. The molecule has 0 bridgehead atoms. The Morgan fingerprint density at radius 3 is 2.70 bits per heavy atom. The minimum Gasteiger partial charge on any atom is -0.495 e. The van der Waals surface area contributed by atoms with Gasteiger partial charge in [0.15, 0.2) is 11.5 Å². The van der Waals surface area contributed by atoms with Crippen LogP contribution in [0.5, 0.6) is 17.2 Å². The van der Waals surface area contributed by atoms with Crippen LogP contribution in [-0.2, 0) is 0 Å². The van der Waals surface area contributed by atoms with Crippen molar-refractivity contribution < 1.29 is 14.2 Å². The number of hydrogen-bond acceptors (Lipinski definition) is 5. The van der Waals surface area contributed by atoms with Crippen LogP contribution in [0.1, 0.15) is 0 Å². The van der Waals surface area contributed by atoms with E-state index in [4.69, 9.17) is 19.9 Å². The summed E-state index contributed by atoms with van der Waals surface area (Å²) in [6.45, 7) is 1.15. The van der Waals surface area contributed by atoms with Crippen LogP contribution >= 0.6 is 0 Å². The highest BCUT2D eigenvalue weighted by molar-refractivity contribution is 5.78. The molecule has 1 aliphatic rings. The number of para-hydroxylation sites is 1. The predicted octanol–water partition coefficient (Wildman–Crippen LogP) is 2.79. The van der Waals surface area contributed by atoms with Gasteiger partial charge in [0.1, 0.15) is 19.0 Å². The van der Waals surface area contributed by atoms with Crippen LogP contribution in [0.25, 0.3) is 0 Å². The molecule has 0 atom stereocenters. The number of nitrogen functional groups attached to an aromatic ring is 1. The zero-order chi connectivity index (χ0) is 13.9. The van der Waals surface area contributed by atoms with Crippen molar-refractivity contribution in [2.75, 3.05) is 31.4 Å². The standard InChI is InChI=1S/C15H16N2O3/c1-18-13-4-2-3-11(15(13)16)17-10-5-6-12-14(9-10)20-8-7-19-12/h2-6,9,17H,7-8,16H2,1H3. The SMILES string of the molecule is COc1cccc(Nc2ccc3c(c2)OCCO3)c1N. The summed E-state index contributed by atoms with van der Waals surface area (Å²) in [5.74, 6) is 2.15. The Morgan fingerprint density at radius 1 is 1.10 bits per heavy atom. The van der Waals surface area contributed by atoms with Crippen molar-refractivity contribution in [1.82, 2.24) is 0 Å². The van der Waals surface area contributed by atoms with Crippen LogP contribution < -0.4 is 25.3 Å². The molecule has 5 heteroatoms. The lowest BCUT2D eigenvalue weighted by molar-refractivity contribution is 0.171. The highest BCUT2D eigenvalue weighted by atomic mass is 16.6. The lowest BCUT2D eigenvalue weighted by Gasteiger charge is -2.19. The predicted molar refractivity (Wildman–Crippen MR) is 78.1 cm³/mol. The van der Waals surface area contributed by atoms with E-state index in [0.717, 1.165) is 22.9 Å². The number of nitrogens with one attached hydrogen (secondary N) is 1. The molecule has 2 aromatic rings. The van der Waals surface area contributed by atoms with E-state index in [1.54, 1.807) is 7.11 Å². The summed E-state index contributed by atoms with van der Waals surface area (Å²) < 4.78 is 16.3. The number of ether oxygens (including phenoxy) is 3. The molecule has 104 valence electrons. The zero-order valence-electron chi connectivity index (χ0n) is 11.2. The molecule has 1 aliphatic heterocycles. The molecule has 0 radical (unpaired) electrons. The second kappa shape index (κ2) is 5.21. The number of nitrogens with two attached hydrogens (primary N) is 1. The van der Waals surface area contributed by atoms with Gasteiger partial charge >= 0.3 is 0 Å². The van der Waals surface area contributed by atoms with Gasteiger partial charge in [-0.1, -0.05) is 6.07 Å². The molecule has 3 N–H and O–H groups in total. The molecule has 0 amide bonds. The number of anilines is 3. The number of rotatable bonds is 3. The molecule has 0 spiro atoms. The maximum absolute atomic E-state index is 6.04. The first-order chi connectivity index (χ1) is 9.78. The summed E-state index contributed by atoms with van der Waals surface area (Å²) in [6.07, 6.45) is 0. The molecule has 1 heterocycles. The largest absolute Gasteiger partial charge is 0.495 e. The van der Waals surface area contributed by atoms with Crippen molar-refractivity contribution in [3.8, 4) is 17.2 Å². The van der Waals surface area contributed by atoms with Crippen molar-refractivity contribution in [3.63, 3.8) is 0 Å². The summed E-state index contributed by atoms with van der Waals surface area (Å²) in [6, 6.07) is 11.3. The first-order valence-electron chi connectivity index (χ1n) is 6.37. The number of benzene rings is 2. The van der Waals surface area contributed by atoms with Gasteiger partial charge in [-0.25, -0.2) is 0 Å².